The summed E-state index contributed by atoms with van der Waals surface area (Å²) in [6.45, 7) is 3.08. The lowest BCUT2D eigenvalue weighted by molar-refractivity contribution is 0.814. The van der Waals surface area contributed by atoms with Gasteiger partial charge in [-0.25, -0.2) is 0 Å². The molecule has 96 valence electrons. The number of hydrogen-bond acceptors (Lipinski definition) is 3. The van der Waals surface area contributed by atoms with E-state index in [4.69, 9.17) is 5.73 Å². The smallest absolute Gasteiger partial charge is 0.0508 e. The molecule has 1 aromatic carbocycles. The molecule has 0 amide bonds. The van der Waals surface area contributed by atoms with Crippen molar-refractivity contribution in [1.29, 1.82) is 0 Å². The number of hydrogen-bond donors (Lipinski definition) is 1. The molecule has 2 N–H and O–H groups in total. The molecule has 1 unspecified atom stereocenters. The van der Waals surface area contributed by atoms with Crippen LogP contribution in [0.4, 0.5) is 5.69 Å². The number of halogens is 1. The Bertz CT molecular complexity index is 355. The molecule has 0 saturated heterocycles. The molecule has 0 spiro atoms. The van der Waals surface area contributed by atoms with Gasteiger partial charge in [-0.15, -0.1) is 0 Å². The van der Waals surface area contributed by atoms with Crippen LogP contribution in [0.25, 0.3) is 0 Å². The Morgan fingerprint density at radius 2 is 2.18 bits per heavy atom. The van der Waals surface area contributed by atoms with Crippen molar-refractivity contribution in [3.05, 3.63) is 28.2 Å². The molecule has 0 saturated carbocycles. The van der Waals surface area contributed by atoms with Crippen LogP contribution in [0.5, 0.6) is 0 Å². The van der Waals surface area contributed by atoms with Gasteiger partial charge in [-0.3, -0.25) is 0 Å². The van der Waals surface area contributed by atoms with E-state index in [2.05, 4.69) is 52.3 Å². The van der Waals surface area contributed by atoms with Crippen LogP contribution in [0, 0.1) is 0 Å². The summed E-state index contributed by atoms with van der Waals surface area (Å²) >= 11 is 5.52. The highest BCUT2D eigenvalue weighted by atomic mass is 79.9. The van der Waals surface area contributed by atoms with Gasteiger partial charge < -0.3 is 10.6 Å². The third-order valence-electron chi connectivity index (χ3n) is 2.75. The molecule has 0 aliphatic carbocycles. The van der Waals surface area contributed by atoms with Crippen molar-refractivity contribution in [2.24, 2.45) is 5.73 Å². The molecule has 0 aromatic heterocycles. The minimum Gasteiger partial charge on any atom is -0.374 e. The van der Waals surface area contributed by atoms with E-state index < -0.39 is 0 Å². The van der Waals surface area contributed by atoms with Crippen molar-refractivity contribution >= 4 is 33.4 Å². The highest BCUT2D eigenvalue weighted by Crippen LogP contribution is 2.28. The van der Waals surface area contributed by atoms with Gasteiger partial charge in [-0.05, 0) is 59.0 Å². The van der Waals surface area contributed by atoms with Crippen molar-refractivity contribution in [3.63, 3.8) is 0 Å². The number of nitrogens with two attached hydrogens (primary N) is 1. The van der Waals surface area contributed by atoms with Crippen LogP contribution in [-0.2, 0) is 0 Å². The van der Waals surface area contributed by atoms with Gasteiger partial charge in [-0.2, -0.15) is 11.8 Å². The molecule has 0 fully saturated rings. The van der Waals surface area contributed by atoms with E-state index in [0.29, 0.717) is 0 Å². The highest BCUT2D eigenvalue weighted by Gasteiger charge is 2.08. The largest absolute Gasteiger partial charge is 0.374 e. The van der Waals surface area contributed by atoms with Gasteiger partial charge in [0, 0.05) is 24.1 Å². The van der Waals surface area contributed by atoms with Crippen LogP contribution in [0.1, 0.15) is 24.9 Å². The second kappa shape index (κ2) is 7.29. The highest BCUT2D eigenvalue weighted by molar-refractivity contribution is 9.10. The zero-order valence-electron chi connectivity index (χ0n) is 10.7. The summed E-state index contributed by atoms with van der Waals surface area (Å²) in [4.78, 5) is 2.28. The number of nitrogens with zero attached hydrogens (tertiary/aromatic N) is 1. The minimum atomic E-state index is 0.0853. The quantitative estimate of drug-likeness (QED) is 0.812. The van der Waals surface area contributed by atoms with Gasteiger partial charge >= 0.3 is 0 Å². The normalized spacial score (nSPS) is 12.5. The Balaban J connectivity index is 2.70. The summed E-state index contributed by atoms with van der Waals surface area (Å²) in [5.74, 6) is 1.21. The van der Waals surface area contributed by atoms with Crippen LogP contribution < -0.4 is 10.6 Å². The number of anilines is 1. The second-order valence-corrected chi connectivity index (χ2v) is 6.11. The molecule has 1 aromatic rings. The maximum absolute atomic E-state index is 5.87. The Labute approximate surface area is 117 Å². The molecule has 0 radical (unpaired) electrons. The molecule has 0 aliphatic rings. The maximum atomic E-state index is 5.87. The van der Waals surface area contributed by atoms with E-state index in [9.17, 15) is 0 Å². The Hall–Kier alpha value is -0.190. The molecule has 1 rings (SSSR count). The molecule has 0 heterocycles. The molecular formula is C13H21BrN2S. The van der Waals surface area contributed by atoms with Crippen LogP contribution in [0.2, 0.25) is 0 Å². The zero-order valence-corrected chi connectivity index (χ0v) is 13.1. The molecular weight excluding hydrogens is 296 g/mol. The summed E-state index contributed by atoms with van der Waals surface area (Å²) in [5.41, 5.74) is 8.27. The number of benzene rings is 1. The molecule has 0 bridgehead atoms. The van der Waals surface area contributed by atoms with Crippen LogP contribution in [0.15, 0.2) is 22.7 Å². The lowest BCUT2D eigenvalue weighted by atomic mass is 10.1. The summed E-state index contributed by atoms with van der Waals surface area (Å²) in [5, 5.41) is 0. The van der Waals surface area contributed by atoms with Gasteiger partial charge in [0.2, 0.25) is 0 Å². The third kappa shape index (κ3) is 4.53. The fourth-order valence-corrected chi connectivity index (χ4v) is 2.80. The number of thioether (sulfide) groups is 1. The Morgan fingerprint density at radius 3 is 2.71 bits per heavy atom. The Kier molecular flexibility index (Phi) is 6.38. The molecule has 1 atom stereocenters. The molecule has 0 aliphatic heterocycles. The number of rotatable bonds is 6. The predicted molar refractivity (Wildman–Crippen MR) is 83.0 cm³/mol. The van der Waals surface area contributed by atoms with Gasteiger partial charge in [0.1, 0.15) is 0 Å². The molecule has 4 heteroatoms. The van der Waals surface area contributed by atoms with Crippen molar-refractivity contribution in [1.82, 2.24) is 0 Å². The first-order valence-electron chi connectivity index (χ1n) is 5.81. The predicted octanol–water partition coefficient (Wildman–Crippen LogP) is 3.66. The van der Waals surface area contributed by atoms with Crippen molar-refractivity contribution in [3.8, 4) is 0 Å². The van der Waals surface area contributed by atoms with E-state index in [1.807, 2.05) is 18.7 Å². The first-order chi connectivity index (χ1) is 8.06. The second-order valence-electron chi connectivity index (χ2n) is 4.27. The summed E-state index contributed by atoms with van der Waals surface area (Å²) in [7, 11) is 2.13. The van der Waals surface area contributed by atoms with E-state index >= 15 is 0 Å². The summed E-state index contributed by atoms with van der Waals surface area (Å²) in [6.07, 6.45) is 3.35. The van der Waals surface area contributed by atoms with Gasteiger partial charge in [-0.1, -0.05) is 6.07 Å². The summed E-state index contributed by atoms with van der Waals surface area (Å²) in [6, 6.07) is 6.45. The van der Waals surface area contributed by atoms with Gasteiger partial charge in [0.05, 0.1) is 5.69 Å². The molecule has 17 heavy (non-hydrogen) atoms. The topological polar surface area (TPSA) is 29.3 Å². The Morgan fingerprint density at radius 1 is 1.47 bits per heavy atom. The van der Waals surface area contributed by atoms with Crippen molar-refractivity contribution in [2.75, 3.05) is 30.5 Å². The first-order valence-corrected chi connectivity index (χ1v) is 8.00. The lowest BCUT2D eigenvalue weighted by Gasteiger charge is -2.21. The van der Waals surface area contributed by atoms with E-state index in [0.717, 1.165) is 16.6 Å². The first kappa shape index (κ1) is 14.9. The standard InChI is InChI=1S/C13H21BrN2S/c1-10(15)11-5-6-13(12(14)9-11)16(2)7-4-8-17-3/h5-6,9-10H,4,7-8,15H2,1-3H3. The minimum absolute atomic E-state index is 0.0853. The maximum Gasteiger partial charge on any atom is 0.0508 e. The fourth-order valence-electron chi connectivity index (χ4n) is 1.68. The average Bonchev–Trinajstić information content (AvgIpc) is 2.28. The monoisotopic (exact) mass is 316 g/mol. The molecule has 2 nitrogen and oxygen atoms in total. The van der Waals surface area contributed by atoms with E-state index in [-0.39, 0.29) is 6.04 Å². The van der Waals surface area contributed by atoms with Crippen LogP contribution in [0.3, 0.4) is 0 Å². The van der Waals surface area contributed by atoms with Gasteiger partial charge in [0.25, 0.3) is 0 Å². The fraction of sp³-hybridized carbons (Fsp3) is 0.538. The van der Waals surface area contributed by atoms with E-state index in [1.165, 1.54) is 17.9 Å². The van der Waals surface area contributed by atoms with Crippen molar-refractivity contribution < 1.29 is 0 Å². The van der Waals surface area contributed by atoms with Crippen LogP contribution in [-0.4, -0.2) is 25.6 Å². The van der Waals surface area contributed by atoms with E-state index in [1.54, 1.807) is 0 Å². The van der Waals surface area contributed by atoms with Gasteiger partial charge in [0.15, 0.2) is 0 Å². The third-order valence-corrected chi connectivity index (χ3v) is 4.08. The lowest BCUT2D eigenvalue weighted by Crippen LogP contribution is -2.19. The zero-order chi connectivity index (χ0) is 12.8. The average molecular weight is 317 g/mol. The van der Waals surface area contributed by atoms with Crippen LogP contribution >= 0.6 is 27.7 Å². The summed E-state index contributed by atoms with van der Waals surface area (Å²) < 4.78 is 1.12. The van der Waals surface area contributed by atoms with Crippen molar-refractivity contribution in [2.45, 2.75) is 19.4 Å². The SMILES string of the molecule is CSCCCN(C)c1ccc(C(C)N)cc1Br.